The molecule has 2 heterocycles. The van der Waals surface area contributed by atoms with Crippen LogP contribution in [0, 0.1) is 0 Å². The highest BCUT2D eigenvalue weighted by molar-refractivity contribution is 7.10. The van der Waals surface area contributed by atoms with Crippen molar-refractivity contribution in [1.82, 2.24) is 10.2 Å². The lowest BCUT2D eigenvalue weighted by Crippen LogP contribution is -2.44. The van der Waals surface area contributed by atoms with E-state index in [9.17, 15) is 4.79 Å². The second-order valence-corrected chi connectivity index (χ2v) is 6.64. The molecule has 2 rings (SSSR count). The Bertz CT molecular complexity index is 422. The summed E-state index contributed by atoms with van der Waals surface area (Å²) in [5.41, 5.74) is 0.842. The zero-order valence-corrected chi connectivity index (χ0v) is 13.5. The first-order valence-corrected chi connectivity index (χ1v) is 8.71. The number of amides is 1. The third kappa shape index (κ3) is 4.32. The van der Waals surface area contributed by atoms with Gasteiger partial charge in [-0.2, -0.15) is 0 Å². The lowest BCUT2D eigenvalue weighted by Gasteiger charge is -2.32. The molecule has 0 aromatic carbocycles. The zero-order valence-electron chi connectivity index (χ0n) is 12.7. The van der Waals surface area contributed by atoms with Crippen molar-refractivity contribution in [3.05, 3.63) is 21.9 Å². The molecular weight excluding hydrogens is 268 g/mol. The summed E-state index contributed by atoms with van der Waals surface area (Å²) in [7, 11) is 0. The molecule has 112 valence electrons. The molecule has 1 aliphatic rings. The highest BCUT2D eigenvalue weighted by Crippen LogP contribution is 2.17. The molecule has 0 bridgehead atoms. The molecule has 1 aromatic rings. The van der Waals surface area contributed by atoms with Crippen molar-refractivity contribution in [3.8, 4) is 0 Å². The van der Waals surface area contributed by atoms with E-state index >= 15 is 0 Å². The SMILES string of the molecule is CCCc1cc(C(=O)NC2CCN(CCC)CC2)cs1. The van der Waals surface area contributed by atoms with Crippen LogP contribution in [0.15, 0.2) is 11.4 Å². The molecule has 0 saturated carbocycles. The highest BCUT2D eigenvalue weighted by Gasteiger charge is 2.20. The summed E-state index contributed by atoms with van der Waals surface area (Å²) in [6, 6.07) is 2.40. The van der Waals surface area contributed by atoms with Crippen molar-refractivity contribution in [2.45, 2.75) is 52.0 Å². The van der Waals surface area contributed by atoms with Crippen LogP contribution in [0.25, 0.3) is 0 Å². The van der Waals surface area contributed by atoms with Gasteiger partial charge in [0.15, 0.2) is 0 Å². The van der Waals surface area contributed by atoms with E-state index in [-0.39, 0.29) is 5.91 Å². The topological polar surface area (TPSA) is 32.3 Å². The number of aryl methyl sites for hydroxylation is 1. The van der Waals surface area contributed by atoms with E-state index in [1.54, 1.807) is 11.3 Å². The van der Waals surface area contributed by atoms with Gasteiger partial charge in [0.25, 0.3) is 5.91 Å². The second-order valence-electron chi connectivity index (χ2n) is 5.64. The highest BCUT2D eigenvalue weighted by atomic mass is 32.1. The van der Waals surface area contributed by atoms with Gasteiger partial charge in [0.2, 0.25) is 0 Å². The fourth-order valence-electron chi connectivity index (χ4n) is 2.76. The fraction of sp³-hybridized carbons (Fsp3) is 0.688. The molecule has 1 aromatic heterocycles. The van der Waals surface area contributed by atoms with Crippen LogP contribution < -0.4 is 5.32 Å². The Morgan fingerprint density at radius 1 is 1.35 bits per heavy atom. The lowest BCUT2D eigenvalue weighted by atomic mass is 10.0. The molecule has 1 amide bonds. The number of piperidine rings is 1. The van der Waals surface area contributed by atoms with Gasteiger partial charge in [-0.3, -0.25) is 4.79 Å². The van der Waals surface area contributed by atoms with Crippen LogP contribution >= 0.6 is 11.3 Å². The maximum atomic E-state index is 12.2. The number of hydrogen-bond acceptors (Lipinski definition) is 3. The smallest absolute Gasteiger partial charge is 0.252 e. The third-order valence-corrected chi connectivity index (χ3v) is 4.87. The van der Waals surface area contributed by atoms with E-state index in [2.05, 4.69) is 30.1 Å². The molecule has 4 heteroatoms. The van der Waals surface area contributed by atoms with Crippen LogP contribution in [0.1, 0.15) is 54.8 Å². The average Bonchev–Trinajstić information content (AvgIpc) is 2.90. The molecule has 0 radical (unpaired) electrons. The average molecular weight is 294 g/mol. The molecule has 1 saturated heterocycles. The van der Waals surface area contributed by atoms with Gasteiger partial charge in [-0.1, -0.05) is 20.3 Å². The summed E-state index contributed by atoms with van der Waals surface area (Å²) in [5, 5.41) is 5.19. The van der Waals surface area contributed by atoms with Crippen LogP contribution in [0.3, 0.4) is 0 Å². The Balaban J connectivity index is 1.79. The first kappa shape index (κ1) is 15.5. The van der Waals surface area contributed by atoms with Gasteiger partial charge in [0.1, 0.15) is 0 Å². The van der Waals surface area contributed by atoms with Gasteiger partial charge in [-0.25, -0.2) is 0 Å². The minimum atomic E-state index is 0.109. The summed E-state index contributed by atoms with van der Waals surface area (Å²) < 4.78 is 0. The number of thiophene rings is 1. The van der Waals surface area contributed by atoms with E-state index in [0.717, 1.165) is 44.3 Å². The summed E-state index contributed by atoms with van der Waals surface area (Å²) in [5.74, 6) is 0.109. The van der Waals surface area contributed by atoms with Crippen LogP contribution in [-0.4, -0.2) is 36.5 Å². The predicted octanol–water partition coefficient (Wildman–Crippen LogP) is 3.30. The van der Waals surface area contributed by atoms with Crippen LogP contribution in [-0.2, 0) is 6.42 Å². The normalized spacial score (nSPS) is 17.3. The minimum Gasteiger partial charge on any atom is -0.349 e. The molecule has 0 aliphatic carbocycles. The quantitative estimate of drug-likeness (QED) is 0.873. The molecule has 0 unspecified atom stereocenters. The van der Waals surface area contributed by atoms with Gasteiger partial charge >= 0.3 is 0 Å². The Labute approximate surface area is 126 Å². The van der Waals surface area contributed by atoms with Gasteiger partial charge in [0, 0.05) is 29.4 Å². The molecule has 0 atom stereocenters. The number of rotatable bonds is 6. The summed E-state index contributed by atoms with van der Waals surface area (Å²) >= 11 is 1.70. The van der Waals surface area contributed by atoms with E-state index in [4.69, 9.17) is 0 Å². The van der Waals surface area contributed by atoms with Crippen molar-refractivity contribution in [2.24, 2.45) is 0 Å². The van der Waals surface area contributed by atoms with Crippen LogP contribution in [0.4, 0.5) is 0 Å². The number of nitrogens with one attached hydrogen (secondary N) is 1. The lowest BCUT2D eigenvalue weighted by molar-refractivity contribution is 0.0911. The van der Waals surface area contributed by atoms with E-state index in [1.165, 1.54) is 17.8 Å². The monoisotopic (exact) mass is 294 g/mol. The van der Waals surface area contributed by atoms with Gasteiger partial charge in [-0.05, 0) is 38.3 Å². The summed E-state index contributed by atoms with van der Waals surface area (Å²) in [4.78, 5) is 16.0. The number of carbonyl (C=O) groups excluding carboxylic acids is 1. The number of hydrogen-bond donors (Lipinski definition) is 1. The van der Waals surface area contributed by atoms with Crippen molar-refractivity contribution in [1.29, 1.82) is 0 Å². The van der Waals surface area contributed by atoms with Crippen molar-refractivity contribution < 1.29 is 4.79 Å². The van der Waals surface area contributed by atoms with Crippen LogP contribution in [0.5, 0.6) is 0 Å². The molecule has 1 fully saturated rings. The Morgan fingerprint density at radius 2 is 2.10 bits per heavy atom. The number of likely N-dealkylation sites (tertiary alicyclic amines) is 1. The number of carbonyl (C=O) groups is 1. The first-order chi connectivity index (χ1) is 9.72. The molecule has 0 spiro atoms. The van der Waals surface area contributed by atoms with Crippen molar-refractivity contribution in [2.75, 3.05) is 19.6 Å². The Morgan fingerprint density at radius 3 is 2.75 bits per heavy atom. The molecular formula is C16H26N2OS. The Hall–Kier alpha value is -0.870. The molecule has 20 heavy (non-hydrogen) atoms. The summed E-state index contributed by atoms with van der Waals surface area (Å²) in [6.45, 7) is 7.81. The second kappa shape index (κ2) is 7.79. The summed E-state index contributed by atoms with van der Waals surface area (Å²) in [6.07, 6.45) is 5.59. The fourth-order valence-corrected chi connectivity index (χ4v) is 3.73. The zero-order chi connectivity index (χ0) is 14.4. The molecule has 1 aliphatic heterocycles. The first-order valence-electron chi connectivity index (χ1n) is 7.83. The molecule has 3 nitrogen and oxygen atoms in total. The molecule has 1 N–H and O–H groups in total. The minimum absolute atomic E-state index is 0.109. The predicted molar refractivity (Wildman–Crippen MR) is 85.5 cm³/mol. The van der Waals surface area contributed by atoms with Crippen molar-refractivity contribution >= 4 is 17.2 Å². The van der Waals surface area contributed by atoms with Gasteiger partial charge in [0.05, 0.1) is 5.56 Å². The standard InChI is InChI=1S/C16H26N2OS/c1-3-5-15-11-13(12-20-15)16(19)17-14-6-9-18(8-4-2)10-7-14/h11-12,14H,3-10H2,1-2H3,(H,17,19). The van der Waals surface area contributed by atoms with Gasteiger partial charge in [-0.15, -0.1) is 11.3 Å². The largest absolute Gasteiger partial charge is 0.349 e. The Kier molecular flexibility index (Phi) is 6.05. The van der Waals surface area contributed by atoms with Crippen molar-refractivity contribution in [3.63, 3.8) is 0 Å². The van der Waals surface area contributed by atoms with E-state index < -0.39 is 0 Å². The van der Waals surface area contributed by atoms with Gasteiger partial charge < -0.3 is 10.2 Å². The van der Waals surface area contributed by atoms with Crippen LogP contribution in [0.2, 0.25) is 0 Å². The number of nitrogens with zero attached hydrogens (tertiary/aromatic N) is 1. The third-order valence-electron chi connectivity index (χ3n) is 3.87. The maximum Gasteiger partial charge on any atom is 0.252 e. The van der Waals surface area contributed by atoms with E-state index in [0.29, 0.717) is 6.04 Å². The maximum absolute atomic E-state index is 12.2. The van der Waals surface area contributed by atoms with E-state index in [1.807, 2.05) is 5.38 Å².